The number of nitrogens with one attached hydrogen (secondary N) is 1. The van der Waals surface area contributed by atoms with Crippen molar-refractivity contribution in [2.45, 2.75) is 18.9 Å². The Morgan fingerprint density at radius 1 is 1.31 bits per heavy atom. The van der Waals surface area contributed by atoms with Crippen LogP contribution in [0.3, 0.4) is 0 Å². The van der Waals surface area contributed by atoms with Gasteiger partial charge in [-0.3, -0.25) is 9.48 Å². The number of fused-ring (bicyclic) bond motifs is 1. The highest BCUT2D eigenvalue weighted by molar-refractivity contribution is 6.06. The summed E-state index contributed by atoms with van der Waals surface area (Å²) in [4.78, 5) is 17.5. The first-order chi connectivity index (χ1) is 12.6. The molecule has 1 aliphatic heterocycles. The summed E-state index contributed by atoms with van der Waals surface area (Å²) in [5, 5.41) is 7.96. The van der Waals surface area contributed by atoms with Crippen molar-refractivity contribution in [1.29, 1.82) is 0 Å². The maximum Gasteiger partial charge on any atom is 0.252 e. The molecule has 3 aromatic rings. The fourth-order valence-electron chi connectivity index (χ4n) is 3.20. The van der Waals surface area contributed by atoms with E-state index in [1.165, 1.54) is 12.1 Å². The Labute approximate surface area is 150 Å². The van der Waals surface area contributed by atoms with Crippen LogP contribution in [0.2, 0.25) is 0 Å². The van der Waals surface area contributed by atoms with Crippen molar-refractivity contribution in [1.82, 2.24) is 20.1 Å². The molecule has 4 rings (SSSR count). The molecule has 0 radical (unpaired) electrons. The molecule has 26 heavy (non-hydrogen) atoms. The number of aromatic nitrogens is 3. The largest absolute Gasteiger partial charge is 0.381 e. The van der Waals surface area contributed by atoms with Crippen LogP contribution >= 0.6 is 0 Å². The van der Waals surface area contributed by atoms with Crippen LogP contribution in [0.4, 0.5) is 4.39 Å². The van der Waals surface area contributed by atoms with Gasteiger partial charge in [-0.2, -0.15) is 5.10 Å². The van der Waals surface area contributed by atoms with Crippen molar-refractivity contribution in [2.24, 2.45) is 7.05 Å². The van der Waals surface area contributed by atoms with Crippen molar-refractivity contribution < 1.29 is 13.9 Å². The molecule has 134 valence electrons. The molecular formula is C19H19FN4O2. The molecule has 7 heteroatoms. The van der Waals surface area contributed by atoms with Gasteiger partial charge in [-0.15, -0.1) is 0 Å². The molecule has 0 bridgehead atoms. The molecule has 1 fully saturated rings. The van der Waals surface area contributed by atoms with Gasteiger partial charge in [0.2, 0.25) is 0 Å². The predicted molar refractivity (Wildman–Crippen MR) is 95.2 cm³/mol. The summed E-state index contributed by atoms with van der Waals surface area (Å²) >= 11 is 0. The van der Waals surface area contributed by atoms with Crippen LogP contribution in [0.25, 0.3) is 22.3 Å². The van der Waals surface area contributed by atoms with E-state index in [1.54, 1.807) is 36.1 Å². The number of pyridine rings is 1. The molecule has 1 amide bonds. The van der Waals surface area contributed by atoms with E-state index in [0.717, 1.165) is 12.8 Å². The first-order valence-corrected chi connectivity index (χ1v) is 8.59. The third-order valence-electron chi connectivity index (χ3n) is 4.63. The maximum atomic E-state index is 13.6. The number of halogens is 1. The lowest BCUT2D eigenvalue weighted by Gasteiger charge is -2.23. The standard InChI is InChI=1S/C19H19FN4O2/c1-24-18-16(11-21-24)15(19(25)22-14-5-7-26-8-6-14)10-17(23-18)12-3-2-4-13(20)9-12/h2-4,9-11,14H,5-8H2,1H3,(H,22,25). The molecular weight excluding hydrogens is 335 g/mol. The summed E-state index contributed by atoms with van der Waals surface area (Å²) in [5.41, 5.74) is 2.24. The minimum Gasteiger partial charge on any atom is -0.381 e. The average molecular weight is 354 g/mol. The van der Waals surface area contributed by atoms with Crippen molar-refractivity contribution in [3.05, 3.63) is 47.9 Å². The van der Waals surface area contributed by atoms with Gasteiger partial charge in [0, 0.05) is 31.9 Å². The zero-order chi connectivity index (χ0) is 18.1. The molecule has 0 unspecified atom stereocenters. The topological polar surface area (TPSA) is 69.0 Å². The lowest BCUT2D eigenvalue weighted by atomic mass is 10.0. The van der Waals surface area contributed by atoms with Gasteiger partial charge in [0.15, 0.2) is 5.65 Å². The molecule has 1 N–H and O–H groups in total. The Balaban J connectivity index is 1.76. The second-order valence-electron chi connectivity index (χ2n) is 6.43. The van der Waals surface area contributed by atoms with E-state index in [2.05, 4.69) is 15.4 Å². The van der Waals surface area contributed by atoms with Gasteiger partial charge in [-0.25, -0.2) is 9.37 Å². The second kappa shape index (κ2) is 6.84. The molecule has 0 saturated carbocycles. The second-order valence-corrected chi connectivity index (χ2v) is 6.43. The molecule has 0 spiro atoms. The van der Waals surface area contributed by atoms with Crippen LogP contribution in [-0.4, -0.2) is 39.9 Å². The number of carbonyl (C=O) groups is 1. The summed E-state index contributed by atoms with van der Waals surface area (Å²) in [6.07, 6.45) is 3.23. The van der Waals surface area contributed by atoms with Gasteiger partial charge in [0.1, 0.15) is 5.82 Å². The van der Waals surface area contributed by atoms with E-state index in [9.17, 15) is 9.18 Å². The Bertz CT molecular complexity index is 963. The summed E-state index contributed by atoms with van der Waals surface area (Å²) in [7, 11) is 1.77. The summed E-state index contributed by atoms with van der Waals surface area (Å²) in [6.45, 7) is 1.30. The molecule has 1 aromatic carbocycles. The molecule has 6 nitrogen and oxygen atoms in total. The van der Waals surface area contributed by atoms with Crippen LogP contribution < -0.4 is 5.32 Å². The Morgan fingerprint density at radius 3 is 2.88 bits per heavy atom. The van der Waals surface area contributed by atoms with Gasteiger partial charge in [0.05, 0.1) is 22.8 Å². The maximum absolute atomic E-state index is 13.6. The smallest absolute Gasteiger partial charge is 0.252 e. The van der Waals surface area contributed by atoms with Crippen molar-refractivity contribution in [3.8, 4) is 11.3 Å². The SMILES string of the molecule is Cn1ncc2c(C(=O)NC3CCOCC3)cc(-c3cccc(F)c3)nc21. The number of benzene rings is 1. The van der Waals surface area contributed by atoms with Crippen molar-refractivity contribution >= 4 is 16.9 Å². The summed E-state index contributed by atoms with van der Waals surface area (Å²) in [6, 6.07) is 7.98. The van der Waals surface area contributed by atoms with E-state index in [0.29, 0.717) is 41.1 Å². The number of ether oxygens (including phenoxy) is 1. The summed E-state index contributed by atoms with van der Waals surface area (Å²) < 4.78 is 20.6. The zero-order valence-electron chi connectivity index (χ0n) is 14.4. The zero-order valence-corrected chi connectivity index (χ0v) is 14.4. The van der Waals surface area contributed by atoms with Gasteiger partial charge in [-0.05, 0) is 31.0 Å². The van der Waals surface area contributed by atoms with E-state index < -0.39 is 0 Å². The normalized spacial score (nSPS) is 15.3. The number of aryl methyl sites for hydroxylation is 1. The number of amides is 1. The highest BCUT2D eigenvalue weighted by Crippen LogP contribution is 2.25. The van der Waals surface area contributed by atoms with Crippen molar-refractivity contribution in [2.75, 3.05) is 13.2 Å². The van der Waals surface area contributed by atoms with Crippen LogP contribution in [-0.2, 0) is 11.8 Å². The molecule has 2 aromatic heterocycles. The van der Waals surface area contributed by atoms with Crippen LogP contribution in [0.1, 0.15) is 23.2 Å². The van der Waals surface area contributed by atoms with Gasteiger partial charge < -0.3 is 10.1 Å². The van der Waals surface area contributed by atoms with Crippen molar-refractivity contribution in [3.63, 3.8) is 0 Å². The van der Waals surface area contributed by atoms with E-state index in [-0.39, 0.29) is 17.8 Å². The van der Waals surface area contributed by atoms with E-state index >= 15 is 0 Å². The fraction of sp³-hybridized carbons (Fsp3) is 0.316. The Kier molecular flexibility index (Phi) is 4.38. The minimum absolute atomic E-state index is 0.0914. The number of hydrogen-bond acceptors (Lipinski definition) is 4. The van der Waals surface area contributed by atoms with Gasteiger partial charge in [-0.1, -0.05) is 12.1 Å². The van der Waals surface area contributed by atoms with Crippen LogP contribution in [0.5, 0.6) is 0 Å². The third-order valence-corrected chi connectivity index (χ3v) is 4.63. The van der Waals surface area contributed by atoms with E-state index in [4.69, 9.17) is 4.74 Å². The lowest BCUT2D eigenvalue weighted by Crippen LogP contribution is -2.39. The predicted octanol–water partition coefficient (Wildman–Crippen LogP) is 2.68. The minimum atomic E-state index is -0.345. The monoisotopic (exact) mass is 354 g/mol. The average Bonchev–Trinajstić information content (AvgIpc) is 3.03. The first-order valence-electron chi connectivity index (χ1n) is 8.59. The quantitative estimate of drug-likeness (QED) is 0.785. The van der Waals surface area contributed by atoms with Gasteiger partial charge in [0.25, 0.3) is 5.91 Å². The number of nitrogens with zero attached hydrogens (tertiary/aromatic N) is 3. The van der Waals surface area contributed by atoms with E-state index in [1.807, 2.05) is 0 Å². The number of hydrogen-bond donors (Lipinski definition) is 1. The van der Waals surface area contributed by atoms with Crippen LogP contribution in [0.15, 0.2) is 36.5 Å². The summed E-state index contributed by atoms with van der Waals surface area (Å²) in [5.74, 6) is -0.516. The Morgan fingerprint density at radius 2 is 2.12 bits per heavy atom. The number of rotatable bonds is 3. The van der Waals surface area contributed by atoms with Gasteiger partial charge >= 0.3 is 0 Å². The molecule has 0 aliphatic carbocycles. The highest BCUT2D eigenvalue weighted by Gasteiger charge is 2.21. The molecule has 1 aliphatic rings. The molecule has 0 atom stereocenters. The fourth-order valence-corrected chi connectivity index (χ4v) is 3.20. The third kappa shape index (κ3) is 3.17. The highest BCUT2D eigenvalue weighted by atomic mass is 19.1. The first kappa shape index (κ1) is 16.7. The lowest BCUT2D eigenvalue weighted by molar-refractivity contribution is 0.0697. The van der Waals surface area contributed by atoms with Crippen LogP contribution in [0, 0.1) is 5.82 Å². The molecule has 3 heterocycles. The Hall–Kier alpha value is -2.80. The molecule has 1 saturated heterocycles. The number of carbonyl (C=O) groups excluding carboxylic acids is 1.